The van der Waals surface area contributed by atoms with Gasteiger partial charge >= 0.3 is 5.97 Å². The van der Waals surface area contributed by atoms with Crippen LogP contribution in [-0.4, -0.2) is 30.7 Å². The fraction of sp³-hybridized carbons (Fsp3) is 0.545. The second kappa shape index (κ2) is 5.10. The smallest absolute Gasteiger partial charge is 0.352 e. The van der Waals surface area contributed by atoms with Crippen molar-refractivity contribution in [3.63, 3.8) is 0 Å². The van der Waals surface area contributed by atoms with Crippen molar-refractivity contribution in [2.45, 2.75) is 19.4 Å². The van der Waals surface area contributed by atoms with E-state index in [2.05, 4.69) is 0 Å². The summed E-state index contributed by atoms with van der Waals surface area (Å²) in [4.78, 5) is 13.5. The van der Waals surface area contributed by atoms with E-state index >= 15 is 0 Å². The van der Waals surface area contributed by atoms with E-state index in [0.29, 0.717) is 10.6 Å². The molecule has 0 radical (unpaired) electrons. The summed E-state index contributed by atoms with van der Waals surface area (Å²) in [5, 5.41) is 0. The molecule has 1 aliphatic rings. The summed E-state index contributed by atoms with van der Waals surface area (Å²) < 4.78 is 10.6. The van der Waals surface area contributed by atoms with Gasteiger partial charge in [0.05, 0.1) is 7.11 Å². The number of methoxy groups -OCH3 is 1. The highest BCUT2D eigenvalue weighted by Crippen LogP contribution is 2.30. The molecule has 1 aromatic rings. The predicted molar refractivity (Wildman–Crippen MR) is 66.8 cm³/mol. The molecule has 0 aliphatic carbocycles. The number of hydrogen-bond acceptors (Lipinski definition) is 5. The second-order valence-corrected chi connectivity index (χ2v) is 6.05. The molecule has 0 saturated carbocycles. The van der Waals surface area contributed by atoms with Crippen LogP contribution in [0.3, 0.4) is 0 Å². The molecule has 2 rings (SSSR count). The van der Waals surface area contributed by atoms with Crippen molar-refractivity contribution in [2.75, 3.05) is 18.6 Å². The summed E-state index contributed by atoms with van der Waals surface area (Å²) in [6.45, 7) is 1.95. The Balaban J connectivity index is 2.07. The molecule has 1 aliphatic heterocycles. The summed E-state index contributed by atoms with van der Waals surface area (Å²) in [5.74, 6) is 2.37. The van der Waals surface area contributed by atoms with E-state index in [-0.39, 0.29) is 12.1 Å². The lowest BCUT2D eigenvalue weighted by Gasteiger charge is -2.10. The van der Waals surface area contributed by atoms with Gasteiger partial charge in [-0.15, -0.1) is 11.3 Å². The van der Waals surface area contributed by atoms with E-state index in [1.54, 1.807) is 7.11 Å². The van der Waals surface area contributed by atoms with Crippen LogP contribution in [0.1, 0.15) is 21.0 Å². The van der Waals surface area contributed by atoms with E-state index in [4.69, 9.17) is 9.47 Å². The molecule has 0 amide bonds. The van der Waals surface area contributed by atoms with E-state index in [9.17, 15) is 4.79 Å². The number of carbonyl (C=O) groups is 1. The molecule has 16 heavy (non-hydrogen) atoms. The molecule has 1 saturated heterocycles. The number of aryl methyl sites for hydroxylation is 1. The molecule has 2 heterocycles. The van der Waals surface area contributed by atoms with E-state index < -0.39 is 0 Å². The first kappa shape index (κ1) is 11.8. The molecule has 1 aromatic heterocycles. The van der Waals surface area contributed by atoms with Gasteiger partial charge in [-0.3, -0.25) is 0 Å². The molecule has 0 bridgehead atoms. The fourth-order valence-electron chi connectivity index (χ4n) is 1.60. The molecule has 1 fully saturated rings. The summed E-state index contributed by atoms with van der Waals surface area (Å²) in [7, 11) is 1.57. The predicted octanol–water partition coefficient (Wildman–Crippen LogP) is 2.73. The maximum atomic E-state index is 11.9. The normalized spacial score (nSPS) is 19.8. The third-order valence-electron chi connectivity index (χ3n) is 2.39. The van der Waals surface area contributed by atoms with Crippen LogP contribution in [0.2, 0.25) is 0 Å². The lowest BCUT2D eigenvalue weighted by atomic mass is 10.3. The number of esters is 1. The lowest BCUT2D eigenvalue weighted by Crippen LogP contribution is -2.17. The van der Waals surface area contributed by atoms with Gasteiger partial charge in [-0.1, -0.05) is 0 Å². The van der Waals surface area contributed by atoms with Gasteiger partial charge in [-0.25, -0.2) is 4.79 Å². The van der Waals surface area contributed by atoms with Crippen LogP contribution in [0.25, 0.3) is 0 Å². The minimum absolute atomic E-state index is 0.0737. The van der Waals surface area contributed by atoms with Crippen LogP contribution >= 0.6 is 23.1 Å². The van der Waals surface area contributed by atoms with E-state index in [0.717, 1.165) is 22.8 Å². The maximum Gasteiger partial charge on any atom is 0.352 e. The Morgan fingerprint density at radius 1 is 1.56 bits per heavy atom. The minimum Gasteiger partial charge on any atom is -0.495 e. The van der Waals surface area contributed by atoms with Crippen molar-refractivity contribution in [2.24, 2.45) is 0 Å². The van der Waals surface area contributed by atoms with Crippen LogP contribution in [0, 0.1) is 6.92 Å². The molecule has 0 spiro atoms. The largest absolute Gasteiger partial charge is 0.495 e. The fourth-order valence-corrected chi connectivity index (χ4v) is 3.55. The number of rotatable bonds is 3. The van der Waals surface area contributed by atoms with Crippen molar-refractivity contribution in [1.29, 1.82) is 0 Å². The Bertz CT molecular complexity index is 381. The van der Waals surface area contributed by atoms with Crippen LogP contribution < -0.4 is 4.74 Å². The number of hydrogen-bond donors (Lipinski definition) is 0. The zero-order valence-corrected chi connectivity index (χ0v) is 11.0. The summed E-state index contributed by atoms with van der Waals surface area (Å²) in [6.07, 6.45) is 1.04. The third kappa shape index (κ3) is 2.52. The molecule has 1 unspecified atom stereocenters. The Morgan fingerprint density at radius 3 is 3.00 bits per heavy atom. The van der Waals surface area contributed by atoms with Gasteiger partial charge in [-0.05, 0) is 25.2 Å². The Morgan fingerprint density at radius 2 is 2.38 bits per heavy atom. The van der Waals surface area contributed by atoms with Crippen LogP contribution in [0.5, 0.6) is 5.75 Å². The van der Waals surface area contributed by atoms with Gasteiger partial charge in [-0.2, -0.15) is 11.8 Å². The van der Waals surface area contributed by atoms with Crippen LogP contribution in [-0.2, 0) is 4.74 Å². The molecule has 0 N–H and O–H groups in total. The molecule has 0 aromatic carbocycles. The first-order valence-electron chi connectivity index (χ1n) is 5.14. The van der Waals surface area contributed by atoms with Gasteiger partial charge < -0.3 is 9.47 Å². The number of thiophene rings is 1. The topological polar surface area (TPSA) is 35.5 Å². The molecule has 3 nitrogen and oxygen atoms in total. The molecule has 1 atom stereocenters. The first-order chi connectivity index (χ1) is 7.70. The highest BCUT2D eigenvalue weighted by Gasteiger charge is 2.24. The van der Waals surface area contributed by atoms with E-state index in [1.807, 2.05) is 24.8 Å². The Labute approximate surface area is 103 Å². The zero-order chi connectivity index (χ0) is 11.5. The van der Waals surface area contributed by atoms with Gasteiger partial charge in [0.2, 0.25) is 0 Å². The Hall–Kier alpha value is -0.680. The molecular formula is C11H14O3S2. The average Bonchev–Trinajstić information content (AvgIpc) is 2.86. The van der Waals surface area contributed by atoms with Gasteiger partial charge in [0.25, 0.3) is 0 Å². The molecule has 88 valence electrons. The van der Waals surface area contributed by atoms with Crippen molar-refractivity contribution in [3.05, 3.63) is 15.8 Å². The quantitative estimate of drug-likeness (QED) is 0.781. The monoisotopic (exact) mass is 258 g/mol. The van der Waals surface area contributed by atoms with Crippen LogP contribution in [0.4, 0.5) is 0 Å². The average molecular weight is 258 g/mol. The summed E-state index contributed by atoms with van der Waals surface area (Å²) in [6, 6.07) is 1.87. The number of thioether (sulfide) groups is 1. The molecular weight excluding hydrogens is 244 g/mol. The summed E-state index contributed by atoms with van der Waals surface area (Å²) in [5.41, 5.74) is 0. The van der Waals surface area contributed by atoms with Gasteiger partial charge in [0, 0.05) is 10.6 Å². The number of carbonyl (C=O) groups excluding carboxylic acids is 1. The number of ether oxygens (including phenoxy) is 2. The van der Waals surface area contributed by atoms with Crippen LogP contribution in [0.15, 0.2) is 6.07 Å². The highest BCUT2D eigenvalue weighted by atomic mass is 32.2. The standard InChI is InChI=1S/C11H14O3S2/c1-7-5-9(13-2)10(16-7)11(12)14-8-3-4-15-6-8/h5,8H,3-4,6H2,1-2H3. The van der Waals surface area contributed by atoms with Crippen molar-refractivity contribution < 1.29 is 14.3 Å². The first-order valence-corrected chi connectivity index (χ1v) is 7.11. The highest BCUT2D eigenvalue weighted by molar-refractivity contribution is 7.99. The van der Waals surface area contributed by atoms with E-state index in [1.165, 1.54) is 11.3 Å². The third-order valence-corrected chi connectivity index (χ3v) is 4.53. The zero-order valence-electron chi connectivity index (χ0n) is 9.32. The lowest BCUT2D eigenvalue weighted by molar-refractivity contribution is 0.0359. The van der Waals surface area contributed by atoms with Crippen molar-refractivity contribution in [3.8, 4) is 5.75 Å². The van der Waals surface area contributed by atoms with Crippen molar-refractivity contribution in [1.82, 2.24) is 0 Å². The van der Waals surface area contributed by atoms with Crippen molar-refractivity contribution >= 4 is 29.1 Å². The minimum atomic E-state index is -0.248. The summed E-state index contributed by atoms with van der Waals surface area (Å²) >= 11 is 3.25. The van der Waals surface area contributed by atoms with Gasteiger partial charge in [0.1, 0.15) is 11.9 Å². The second-order valence-electron chi connectivity index (χ2n) is 3.65. The maximum absolute atomic E-state index is 11.9. The molecule has 5 heteroatoms. The Kier molecular flexibility index (Phi) is 3.76. The van der Waals surface area contributed by atoms with Gasteiger partial charge in [0.15, 0.2) is 4.88 Å². The SMILES string of the molecule is COc1cc(C)sc1C(=O)OC1CCSC1.